The van der Waals surface area contributed by atoms with E-state index in [1.807, 2.05) is 19.1 Å². The molecule has 1 saturated carbocycles. The average Bonchev–Trinajstić information content (AvgIpc) is 2.76. The van der Waals surface area contributed by atoms with Crippen molar-refractivity contribution < 1.29 is 29.3 Å². The highest BCUT2D eigenvalue weighted by molar-refractivity contribution is 5.92. The normalized spacial score (nSPS) is 16.3. The summed E-state index contributed by atoms with van der Waals surface area (Å²) in [7, 11) is 0. The molecule has 2 unspecified atom stereocenters. The zero-order chi connectivity index (χ0) is 25.3. The van der Waals surface area contributed by atoms with Crippen LogP contribution < -0.4 is 10.6 Å². The van der Waals surface area contributed by atoms with Crippen molar-refractivity contribution in [3.8, 4) is 0 Å². The van der Waals surface area contributed by atoms with Crippen molar-refractivity contribution in [2.75, 3.05) is 19.8 Å². The van der Waals surface area contributed by atoms with Crippen LogP contribution >= 0.6 is 0 Å². The second kappa shape index (κ2) is 12.7. The van der Waals surface area contributed by atoms with Gasteiger partial charge in [0.1, 0.15) is 17.7 Å². The van der Waals surface area contributed by atoms with Crippen molar-refractivity contribution in [2.24, 2.45) is 0 Å². The van der Waals surface area contributed by atoms with Crippen LogP contribution in [0.5, 0.6) is 0 Å². The average molecular weight is 478 g/mol. The molecule has 2 rings (SSSR count). The summed E-state index contributed by atoms with van der Waals surface area (Å²) in [6.45, 7) is 5.71. The fourth-order valence-electron chi connectivity index (χ4n) is 4.15. The number of benzene rings is 1. The van der Waals surface area contributed by atoms with Gasteiger partial charge in [0.15, 0.2) is 0 Å². The standard InChI is InChI=1S/C25H39N3O6/c1-17-9-8-10-18(15-17)21(22(31)26-19-11-6-5-7-12-19)28(13-14-29)23(32)20(16-30)27-24(33)34-25(2,3)4/h8-10,15,19-21,29-30H,5-7,11-14,16H2,1-4H3,(H,26,31)(H,27,33). The van der Waals surface area contributed by atoms with Crippen LogP contribution in [-0.4, -0.2) is 70.5 Å². The van der Waals surface area contributed by atoms with Crippen LogP contribution in [-0.2, 0) is 14.3 Å². The van der Waals surface area contributed by atoms with Crippen molar-refractivity contribution in [1.82, 2.24) is 15.5 Å². The Balaban J connectivity index is 2.34. The lowest BCUT2D eigenvalue weighted by Gasteiger charge is -2.35. The molecule has 3 amide bonds. The molecule has 1 aromatic rings. The molecule has 0 saturated heterocycles. The number of alkyl carbamates (subject to hydrolysis) is 1. The van der Waals surface area contributed by atoms with E-state index >= 15 is 0 Å². The maximum atomic E-state index is 13.5. The third kappa shape index (κ3) is 8.29. The lowest BCUT2D eigenvalue weighted by Crippen LogP contribution is -2.55. The molecule has 0 heterocycles. The Morgan fingerprint density at radius 2 is 1.82 bits per heavy atom. The van der Waals surface area contributed by atoms with E-state index in [-0.39, 0.29) is 18.5 Å². The molecule has 1 fully saturated rings. The first-order valence-electron chi connectivity index (χ1n) is 11.9. The Morgan fingerprint density at radius 1 is 1.15 bits per heavy atom. The van der Waals surface area contributed by atoms with Gasteiger partial charge in [0, 0.05) is 12.6 Å². The van der Waals surface area contributed by atoms with Gasteiger partial charge in [-0.3, -0.25) is 9.59 Å². The Kier molecular flexibility index (Phi) is 10.3. The van der Waals surface area contributed by atoms with Gasteiger partial charge in [-0.1, -0.05) is 49.1 Å². The smallest absolute Gasteiger partial charge is 0.408 e. The molecular weight excluding hydrogens is 438 g/mol. The molecule has 9 heteroatoms. The Bertz CT molecular complexity index is 832. The molecule has 0 aromatic heterocycles. The van der Waals surface area contributed by atoms with E-state index in [4.69, 9.17) is 4.74 Å². The number of carbonyl (C=O) groups is 3. The Morgan fingerprint density at radius 3 is 2.38 bits per heavy atom. The first-order valence-corrected chi connectivity index (χ1v) is 11.9. The molecule has 0 spiro atoms. The van der Waals surface area contributed by atoms with Gasteiger partial charge in [0.25, 0.3) is 0 Å². The molecular formula is C25H39N3O6. The zero-order valence-corrected chi connectivity index (χ0v) is 20.7. The molecule has 34 heavy (non-hydrogen) atoms. The van der Waals surface area contributed by atoms with Crippen LogP contribution in [0.25, 0.3) is 0 Å². The summed E-state index contributed by atoms with van der Waals surface area (Å²) >= 11 is 0. The zero-order valence-electron chi connectivity index (χ0n) is 20.7. The third-order valence-corrected chi connectivity index (χ3v) is 5.67. The predicted molar refractivity (Wildman–Crippen MR) is 128 cm³/mol. The monoisotopic (exact) mass is 477 g/mol. The summed E-state index contributed by atoms with van der Waals surface area (Å²) in [4.78, 5) is 40.4. The topological polar surface area (TPSA) is 128 Å². The minimum Gasteiger partial charge on any atom is -0.444 e. The lowest BCUT2D eigenvalue weighted by atomic mass is 9.94. The summed E-state index contributed by atoms with van der Waals surface area (Å²) in [6, 6.07) is 4.91. The van der Waals surface area contributed by atoms with Crippen LogP contribution in [0.4, 0.5) is 4.79 Å². The van der Waals surface area contributed by atoms with Crippen LogP contribution in [0, 0.1) is 6.92 Å². The Hall–Kier alpha value is -2.65. The largest absolute Gasteiger partial charge is 0.444 e. The highest BCUT2D eigenvalue weighted by Gasteiger charge is 2.36. The molecule has 0 bridgehead atoms. The molecule has 1 aromatic carbocycles. The number of nitrogens with one attached hydrogen (secondary N) is 2. The van der Waals surface area contributed by atoms with Crippen LogP contribution in [0.2, 0.25) is 0 Å². The van der Waals surface area contributed by atoms with Crippen molar-refractivity contribution in [3.05, 3.63) is 35.4 Å². The minimum absolute atomic E-state index is 0.0214. The van der Waals surface area contributed by atoms with Crippen LogP contribution in [0.1, 0.15) is 70.0 Å². The van der Waals surface area contributed by atoms with Crippen LogP contribution in [0.15, 0.2) is 24.3 Å². The molecule has 0 aliphatic heterocycles. The van der Waals surface area contributed by atoms with Crippen molar-refractivity contribution >= 4 is 17.9 Å². The fourth-order valence-corrected chi connectivity index (χ4v) is 4.15. The number of aliphatic hydroxyl groups is 2. The van der Waals surface area contributed by atoms with Gasteiger partial charge in [0.05, 0.1) is 13.2 Å². The fraction of sp³-hybridized carbons (Fsp3) is 0.640. The molecule has 1 aliphatic carbocycles. The maximum Gasteiger partial charge on any atom is 0.408 e. The molecule has 1 aliphatic rings. The molecule has 9 nitrogen and oxygen atoms in total. The predicted octanol–water partition coefficient (Wildman–Crippen LogP) is 2.19. The maximum absolute atomic E-state index is 13.5. The van der Waals surface area contributed by atoms with E-state index < -0.39 is 42.9 Å². The summed E-state index contributed by atoms with van der Waals surface area (Å²) in [5.41, 5.74) is 0.709. The summed E-state index contributed by atoms with van der Waals surface area (Å²) in [5, 5.41) is 25.1. The number of aryl methyl sites for hydroxylation is 1. The number of ether oxygens (including phenoxy) is 1. The van der Waals surface area contributed by atoms with Gasteiger partial charge in [0.2, 0.25) is 11.8 Å². The highest BCUT2D eigenvalue weighted by atomic mass is 16.6. The molecule has 2 atom stereocenters. The van der Waals surface area contributed by atoms with Gasteiger partial charge in [-0.25, -0.2) is 4.79 Å². The quantitative estimate of drug-likeness (QED) is 0.432. The van der Waals surface area contributed by atoms with E-state index in [1.165, 1.54) is 4.90 Å². The second-order valence-electron chi connectivity index (χ2n) is 9.80. The summed E-state index contributed by atoms with van der Waals surface area (Å²) in [6.07, 6.45) is 4.09. The van der Waals surface area contributed by atoms with E-state index in [0.717, 1.165) is 37.7 Å². The number of amides is 3. The van der Waals surface area contributed by atoms with E-state index in [1.54, 1.807) is 32.9 Å². The minimum atomic E-state index is -1.34. The second-order valence-corrected chi connectivity index (χ2v) is 9.80. The first-order chi connectivity index (χ1) is 16.1. The molecule has 4 N–H and O–H groups in total. The number of hydrogen-bond donors (Lipinski definition) is 4. The van der Waals surface area contributed by atoms with E-state index in [2.05, 4.69) is 10.6 Å². The van der Waals surface area contributed by atoms with Crippen molar-refractivity contribution in [2.45, 2.75) is 83.5 Å². The Labute approximate surface area is 201 Å². The van der Waals surface area contributed by atoms with Crippen molar-refractivity contribution in [1.29, 1.82) is 0 Å². The summed E-state index contributed by atoms with van der Waals surface area (Å²) < 4.78 is 5.21. The van der Waals surface area contributed by atoms with Gasteiger partial charge in [-0.2, -0.15) is 0 Å². The van der Waals surface area contributed by atoms with Gasteiger partial charge < -0.3 is 30.5 Å². The number of aliphatic hydroxyl groups excluding tert-OH is 2. The van der Waals surface area contributed by atoms with Gasteiger partial charge >= 0.3 is 6.09 Å². The molecule has 190 valence electrons. The van der Waals surface area contributed by atoms with E-state index in [9.17, 15) is 24.6 Å². The number of rotatable bonds is 9. The third-order valence-electron chi connectivity index (χ3n) is 5.67. The number of nitrogens with zero attached hydrogens (tertiary/aromatic N) is 1. The number of carbonyl (C=O) groups excluding carboxylic acids is 3. The van der Waals surface area contributed by atoms with Gasteiger partial charge in [-0.05, 0) is 46.1 Å². The highest BCUT2D eigenvalue weighted by Crippen LogP contribution is 2.25. The number of hydrogen-bond acceptors (Lipinski definition) is 6. The summed E-state index contributed by atoms with van der Waals surface area (Å²) in [5.74, 6) is -1.04. The van der Waals surface area contributed by atoms with Crippen molar-refractivity contribution in [3.63, 3.8) is 0 Å². The van der Waals surface area contributed by atoms with Gasteiger partial charge in [-0.15, -0.1) is 0 Å². The molecule has 0 radical (unpaired) electrons. The lowest BCUT2D eigenvalue weighted by molar-refractivity contribution is -0.144. The SMILES string of the molecule is Cc1cccc(C(C(=O)NC2CCCCC2)N(CCO)C(=O)C(CO)NC(=O)OC(C)(C)C)c1. The van der Waals surface area contributed by atoms with Crippen LogP contribution in [0.3, 0.4) is 0 Å². The first kappa shape index (κ1) is 27.6. The van der Waals surface area contributed by atoms with E-state index in [0.29, 0.717) is 5.56 Å².